The fraction of sp³-hybridized carbons (Fsp3) is 0.516. The van der Waals surface area contributed by atoms with E-state index in [1.807, 2.05) is 140 Å². The highest BCUT2D eigenvalue weighted by molar-refractivity contribution is 8.13. The van der Waals surface area contributed by atoms with Crippen molar-refractivity contribution >= 4 is 52.8 Å². The summed E-state index contributed by atoms with van der Waals surface area (Å²) in [5, 5.41) is -0.218. The quantitative estimate of drug-likeness (QED) is 0.0235. The van der Waals surface area contributed by atoms with E-state index in [0.717, 1.165) is 47.0 Å². The van der Waals surface area contributed by atoms with Gasteiger partial charge in [-0.05, 0) is 114 Å². The van der Waals surface area contributed by atoms with Gasteiger partial charge < -0.3 is 38.2 Å². The van der Waals surface area contributed by atoms with Crippen LogP contribution < -0.4 is 0 Å². The van der Waals surface area contributed by atoms with Crippen LogP contribution in [0.1, 0.15) is 108 Å². The van der Waals surface area contributed by atoms with Gasteiger partial charge in [0.15, 0.2) is 12.2 Å². The lowest BCUT2D eigenvalue weighted by Crippen LogP contribution is -2.34. The van der Waals surface area contributed by atoms with E-state index in [2.05, 4.69) is 0 Å². The van der Waals surface area contributed by atoms with Crippen LogP contribution in [0, 0.1) is 23.7 Å². The van der Waals surface area contributed by atoms with Gasteiger partial charge in [-0.3, -0.25) is 33.6 Å². The summed E-state index contributed by atoms with van der Waals surface area (Å²) in [5.74, 6) is -4.33. The molecule has 0 saturated heterocycles. The first-order chi connectivity index (χ1) is 38.6. The average molecular weight is 1120 g/mol. The average Bonchev–Trinajstić information content (AvgIpc) is 3.47. The Kier molecular flexibility index (Phi) is 31.5. The van der Waals surface area contributed by atoms with Gasteiger partial charge >= 0.3 is 35.8 Å². The molecule has 16 heteroatoms. The number of carbonyl (C=O) groups excluding carboxylic acids is 7. The van der Waals surface area contributed by atoms with Crippen LogP contribution in [0.2, 0.25) is 0 Å². The summed E-state index contributed by atoms with van der Waals surface area (Å²) in [6.45, 7) is 6.95. The first-order valence-electron chi connectivity index (χ1n) is 28.3. The molecule has 0 saturated carbocycles. The standard InChI is InChI=1S/C64H86N2O13S/c1-48(32-36-52-22-11-7-12-23-52)60(69)74-44-56(45-75-61(70)49(2)33-37-53-24-13-8-14-25-53)78-58(67)30-19-41-66(64(73)80-43-21-40-65(5)6)42-20-31-59(68)79-57(46-76-62(71)50(3)34-38-54-26-15-9-16-27-54)47-77-63(72)51(4)35-39-55-28-17-10-18-29-55/h7-18,22-29,48-51,56-57H,19-21,30-47H2,1-6H3. The minimum Gasteiger partial charge on any atom is -0.461 e. The van der Waals surface area contributed by atoms with E-state index in [-0.39, 0.29) is 70.4 Å². The van der Waals surface area contributed by atoms with Gasteiger partial charge in [-0.1, -0.05) is 161 Å². The second-order valence-corrected chi connectivity index (χ2v) is 22.0. The maximum atomic E-state index is 13.7. The molecular weight excluding hydrogens is 1040 g/mol. The van der Waals surface area contributed by atoms with Crippen molar-refractivity contribution in [3.63, 3.8) is 0 Å². The molecule has 0 radical (unpaired) electrons. The second kappa shape index (κ2) is 38.2. The van der Waals surface area contributed by atoms with Crippen molar-refractivity contribution in [2.45, 2.75) is 123 Å². The lowest BCUT2D eigenvalue weighted by Gasteiger charge is -2.23. The normalized spacial score (nSPS) is 13.4. The number of nitrogens with zero attached hydrogens (tertiary/aromatic N) is 2. The number of esters is 6. The third kappa shape index (κ3) is 28.1. The van der Waals surface area contributed by atoms with E-state index in [4.69, 9.17) is 28.4 Å². The molecule has 4 atom stereocenters. The predicted octanol–water partition coefficient (Wildman–Crippen LogP) is 10.7. The molecule has 0 aliphatic carbocycles. The Hall–Kier alpha value is -6.52. The van der Waals surface area contributed by atoms with Crippen molar-refractivity contribution in [1.29, 1.82) is 0 Å². The molecule has 0 fully saturated rings. The van der Waals surface area contributed by atoms with Crippen molar-refractivity contribution in [2.24, 2.45) is 23.7 Å². The van der Waals surface area contributed by atoms with Crippen molar-refractivity contribution in [3.8, 4) is 0 Å². The van der Waals surface area contributed by atoms with Crippen molar-refractivity contribution in [3.05, 3.63) is 144 Å². The van der Waals surface area contributed by atoms with Gasteiger partial charge in [-0.25, -0.2) is 0 Å². The molecule has 0 heterocycles. The molecule has 4 aromatic rings. The number of benzene rings is 4. The summed E-state index contributed by atoms with van der Waals surface area (Å²) in [4.78, 5) is 96.8. The van der Waals surface area contributed by atoms with Crippen molar-refractivity contribution < 1.29 is 62.0 Å². The summed E-state index contributed by atoms with van der Waals surface area (Å²) in [6, 6.07) is 39.2. The molecule has 0 spiro atoms. The fourth-order valence-corrected chi connectivity index (χ4v) is 9.14. The maximum absolute atomic E-state index is 13.7. The molecular formula is C64H86N2O13S. The van der Waals surface area contributed by atoms with Crippen molar-refractivity contribution in [1.82, 2.24) is 9.80 Å². The number of hydrogen-bond acceptors (Lipinski definition) is 15. The number of aryl methyl sites for hydroxylation is 4. The van der Waals surface area contributed by atoms with Gasteiger partial charge in [0.2, 0.25) is 0 Å². The molecule has 4 rings (SSSR count). The highest BCUT2D eigenvalue weighted by atomic mass is 32.2. The molecule has 0 aliphatic rings. The van der Waals surface area contributed by atoms with E-state index in [9.17, 15) is 33.6 Å². The van der Waals surface area contributed by atoms with E-state index in [1.165, 1.54) is 0 Å². The number of amides is 1. The fourth-order valence-electron chi connectivity index (χ4n) is 8.33. The summed E-state index contributed by atoms with van der Waals surface area (Å²) >= 11 is 1.15. The van der Waals surface area contributed by atoms with Gasteiger partial charge in [0.05, 0.1) is 23.7 Å². The Morgan fingerprint density at radius 3 is 0.975 bits per heavy atom. The van der Waals surface area contributed by atoms with Crippen LogP contribution in [0.25, 0.3) is 0 Å². The summed E-state index contributed by atoms with van der Waals surface area (Å²) in [7, 11) is 3.91. The van der Waals surface area contributed by atoms with Gasteiger partial charge in [-0.2, -0.15) is 0 Å². The van der Waals surface area contributed by atoms with E-state index >= 15 is 0 Å². The third-order valence-corrected chi connectivity index (χ3v) is 14.5. The van der Waals surface area contributed by atoms with E-state index in [1.54, 1.807) is 32.6 Å². The molecule has 0 N–H and O–H groups in total. The Balaban J connectivity index is 1.34. The zero-order valence-electron chi connectivity index (χ0n) is 48.0. The Labute approximate surface area is 479 Å². The summed E-state index contributed by atoms with van der Waals surface area (Å²) in [6.07, 6.45) is 3.71. The monoisotopic (exact) mass is 1120 g/mol. The van der Waals surface area contributed by atoms with Crippen LogP contribution in [0.15, 0.2) is 121 Å². The van der Waals surface area contributed by atoms with Crippen LogP contribution in [-0.4, -0.2) is 129 Å². The Bertz CT molecular complexity index is 2140. The molecule has 0 aliphatic heterocycles. The van der Waals surface area contributed by atoms with Gasteiger partial charge in [0, 0.05) is 31.7 Å². The minimum absolute atomic E-state index is 0.106. The largest absolute Gasteiger partial charge is 0.461 e. The molecule has 80 heavy (non-hydrogen) atoms. The number of rotatable bonds is 38. The molecule has 4 aromatic carbocycles. The lowest BCUT2D eigenvalue weighted by atomic mass is 10.0. The SMILES string of the molecule is CC(CCc1ccccc1)C(=O)OCC(COC(=O)C(C)CCc1ccccc1)OC(=O)CCCN(CCCC(=O)OC(COC(=O)C(C)CCc1ccccc1)COC(=O)C(C)CCc1ccccc1)C(=O)SCCCN(C)C. The van der Waals surface area contributed by atoms with Gasteiger partial charge in [0.1, 0.15) is 26.4 Å². The van der Waals surface area contributed by atoms with Crippen LogP contribution in [-0.2, 0) is 82.9 Å². The van der Waals surface area contributed by atoms with Crippen molar-refractivity contribution in [2.75, 3.05) is 65.9 Å². The van der Waals surface area contributed by atoms with E-state index < -0.39 is 71.7 Å². The predicted molar refractivity (Wildman–Crippen MR) is 310 cm³/mol. The van der Waals surface area contributed by atoms with E-state index in [0.29, 0.717) is 57.1 Å². The topological polar surface area (TPSA) is 181 Å². The van der Waals surface area contributed by atoms with Crippen LogP contribution in [0.4, 0.5) is 4.79 Å². The van der Waals surface area contributed by atoms with Crippen LogP contribution >= 0.6 is 11.8 Å². The molecule has 0 bridgehead atoms. The number of ether oxygens (including phenoxy) is 6. The minimum atomic E-state index is -1.07. The highest BCUT2D eigenvalue weighted by Gasteiger charge is 2.26. The Morgan fingerprint density at radius 2 is 0.700 bits per heavy atom. The molecule has 4 unspecified atom stereocenters. The molecule has 0 aromatic heterocycles. The third-order valence-electron chi connectivity index (χ3n) is 13.5. The summed E-state index contributed by atoms with van der Waals surface area (Å²) in [5.41, 5.74) is 4.37. The van der Waals surface area contributed by atoms with Crippen LogP contribution in [0.5, 0.6) is 0 Å². The van der Waals surface area contributed by atoms with Crippen LogP contribution in [0.3, 0.4) is 0 Å². The summed E-state index contributed by atoms with van der Waals surface area (Å²) < 4.78 is 34.1. The molecule has 15 nitrogen and oxygen atoms in total. The highest BCUT2D eigenvalue weighted by Crippen LogP contribution is 2.19. The zero-order valence-corrected chi connectivity index (χ0v) is 48.8. The number of thioether (sulfide) groups is 1. The maximum Gasteiger partial charge on any atom is 0.308 e. The number of hydrogen-bond donors (Lipinski definition) is 0. The van der Waals surface area contributed by atoms with Gasteiger partial charge in [0.25, 0.3) is 5.24 Å². The Morgan fingerprint density at radius 1 is 0.412 bits per heavy atom. The van der Waals surface area contributed by atoms with Gasteiger partial charge in [-0.15, -0.1) is 0 Å². The number of carbonyl (C=O) groups is 7. The molecule has 1 amide bonds. The smallest absolute Gasteiger partial charge is 0.308 e. The first kappa shape index (κ1) is 66.0. The first-order valence-corrected chi connectivity index (χ1v) is 29.3. The lowest BCUT2D eigenvalue weighted by molar-refractivity contribution is -0.169. The zero-order chi connectivity index (χ0) is 57.9. The molecule has 436 valence electrons. The second-order valence-electron chi connectivity index (χ2n) is 20.9.